The quantitative estimate of drug-likeness (QED) is 0.575. The predicted molar refractivity (Wildman–Crippen MR) is 121 cm³/mol. The summed E-state index contributed by atoms with van der Waals surface area (Å²) in [5.41, 5.74) is 4.31. The monoisotopic (exact) mass is 404 g/mol. The molecule has 3 aromatic rings. The number of aromatic nitrogens is 3. The molecule has 7 heteroatoms. The van der Waals surface area contributed by atoms with Gasteiger partial charge in [0.2, 0.25) is 17.8 Å². The summed E-state index contributed by atoms with van der Waals surface area (Å²) < 4.78 is 5.60. The summed E-state index contributed by atoms with van der Waals surface area (Å²) in [4.78, 5) is 16.2. The summed E-state index contributed by atoms with van der Waals surface area (Å²) in [5, 5.41) is 6.64. The van der Waals surface area contributed by atoms with Crippen LogP contribution in [0.2, 0.25) is 0 Å². The topological polar surface area (TPSA) is 75.2 Å². The summed E-state index contributed by atoms with van der Waals surface area (Å²) in [6.07, 6.45) is 2.32. The van der Waals surface area contributed by atoms with Gasteiger partial charge in [-0.2, -0.15) is 15.0 Å². The molecule has 1 aliphatic rings. The number of hydrogen-bond acceptors (Lipinski definition) is 7. The molecule has 30 heavy (non-hydrogen) atoms. The lowest BCUT2D eigenvalue weighted by atomic mass is 10.1. The van der Waals surface area contributed by atoms with E-state index < -0.39 is 0 Å². The largest absolute Gasteiger partial charge is 0.494 e. The van der Waals surface area contributed by atoms with Crippen LogP contribution in [0.5, 0.6) is 5.75 Å². The van der Waals surface area contributed by atoms with Gasteiger partial charge in [-0.05, 0) is 69.0 Å². The standard InChI is InChI=1S/C23H28N6O/c1-4-30-20-9-7-8-18(15-20)24-21-26-22(25-19-11-10-16(2)17(3)14-19)28-23(27-21)29-12-5-6-13-29/h7-11,14-15H,4-6,12-13H2,1-3H3,(H2,24,25,26,27,28). The molecule has 0 amide bonds. The molecule has 2 N–H and O–H groups in total. The Morgan fingerprint density at radius 1 is 0.867 bits per heavy atom. The minimum Gasteiger partial charge on any atom is -0.494 e. The van der Waals surface area contributed by atoms with Crippen LogP contribution in [0.25, 0.3) is 0 Å². The summed E-state index contributed by atoms with van der Waals surface area (Å²) in [6.45, 7) is 8.73. The normalized spacial score (nSPS) is 13.4. The Hall–Kier alpha value is -3.35. The zero-order valence-electron chi connectivity index (χ0n) is 17.8. The predicted octanol–water partition coefficient (Wildman–Crippen LogP) is 4.97. The Labute approximate surface area is 177 Å². The molecule has 2 aromatic carbocycles. The highest BCUT2D eigenvalue weighted by molar-refractivity contribution is 5.61. The van der Waals surface area contributed by atoms with Gasteiger partial charge in [0.25, 0.3) is 0 Å². The fourth-order valence-electron chi connectivity index (χ4n) is 3.44. The SMILES string of the molecule is CCOc1cccc(Nc2nc(Nc3ccc(C)c(C)c3)nc(N3CCCC3)n2)c1. The van der Waals surface area contributed by atoms with Gasteiger partial charge in [-0.25, -0.2) is 0 Å². The number of benzene rings is 2. The number of aryl methyl sites for hydroxylation is 2. The van der Waals surface area contributed by atoms with E-state index in [1.54, 1.807) is 0 Å². The van der Waals surface area contributed by atoms with Gasteiger partial charge in [0, 0.05) is 30.5 Å². The van der Waals surface area contributed by atoms with E-state index in [-0.39, 0.29) is 0 Å². The third-order valence-corrected chi connectivity index (χ3v) is 5.18. The van der Waals surface area contributed by atoms with Crippen molar-refractivity contribution < 1.29 is 4.74 Å². The van der Waals surface area contributed by atoms with Crippen molar-refractivity contribution in [2.75, 3.05) is 35.2 Å². The fraction of sp³-hybridized carbons (Fsp3) is 0.348. The van der Waals surface area contributed by atoms with Gasteiger partial charge in [0.05, 0.1) is 6.61 Å². The van der Waals surface area contributed by atoms with Crippen LogP contribution >= 0.6 is 0 Å². The molecule has 0 aliphatic carbocycles. The first-order valence-electron chi connectivity index (χ1n) is 10.5. The molecule has 0 unspecified atom stereocenters. The number of anilines is 5. The molecule has 0 bridgehead atoms. The third kappa shape index (κ3) is 4.79. The molecule has 7 nitrogen and oxygen atoms in total. The molecule has 1 aromatic heterocycles. The van der Waals surface area contributed by atoms with Crippen LogP contribution in [0.3, 0.4) is 0 Å². The Balaban J connectivity index is 1.63. The number of nitrogens with zero attached hydrogens (tertiary/aromatic N) is 4. The molecule has 0 atom stereocenters. The van der Waals surface area contributed by atoms with Crippen LogP contribution in [0.15, 0.2) is 42.5 Å². The second-order valence-corrected chi connectivity index (χ2v) is 7.49. The van der Waals surface area contributed by atoms with E-state index in [4.69, 9.17) is 4.74 Å². The average Bonchev–Trinajstić information content (AvgIpc) is 3.26. The molecular formula is C23H28N6O. The smallest absolute Gasteiger partial charge is 0.233 e. The molecule has 1 aliphatic heterocycles. The Kier molecular flexibility index (Phi) is 5.97. The Morgan fingerprint density at radius 3 is 2.23 bits per heavy atom. The van der Waals surface area contributed by atoms with E-state index in [2.05, 4.69) is 56.5 Å². The average molecular weight is 405 g/mol. The molecular weight excluding hydrogens is 376 g/mol. The van der Waals surface area contributed by atoms with E-state index >= 15 is 0 Å². The molecule has 0 spiro atoms. The fourth-order valence-corrected chi connectivity index (χ4v) is 3.44. The number of rotatable bonds is 7. The first-order valence-corrected chi connectivity index (χ1v) is 10.5. The van der Waals surface area contributed by atoms with Crippen molar-refractivity contribution in [3.63, 3.8) is 0 Å². The van der Waals surface area contributed by atoms with E-state index in [9.17, 15) is 0 Å². The lowest BCUT2D eigenvalue weighted by Crippen LogP contribution is -2.21. The second kappa shape index (κ2) is 8.98. The van der Waals surface area contributed by atoms with Crippen molar-refractivity contribution >= 4 is 29.2 Å². The van der Waals surface area contributed by atoms with E-state index in [0.717, 1.165) is 43.1 Å². The zero-order valence-corrected chi connectivity index (χ0v) is 17.8. The minimum atomic E-state index is 0.506. The Bertz CT molecular complexity index is 1020. The van der Waals surface area contributed by atoms with Crippen LogP contribution in [0.1, 0.15) is 30.9 Å². The minimum absolute atomic E-state index is 0.506. The van der Waals surface area contributed by atoms with Gasteiger partial charge in [-0.15, -0.1) is 0 Å². The van der Waals surface area contributed by atoms with Crippen LogP contribution in [-0.4, -0.2) is 34.6 Å². The first kappa shape index (κ1) is 19.9. The van der Waals surface area contributed by atoms with Crippen LogP contribution in [0, 0.1) is 13.8 Å². The third-order valence-electron chi connectivity index (χ3n) is 5.18. The van der Waals surface area contributed by atoms with Gasteiger partial charge < -0.3 is 20.3 Å². The van der Waals surface area contributed by atoms with Crippen molar-refractivity contribution in [3.8, 4) is 5.75 Å². The molecule has 2 heterocycles. The van der Waals surface area contributed by atoms with Crippen LogP contribution in [-0.2, 0) is 0 Å². The molecule has 1 fully saturated rings. The summed E-state index contributed by atoms with van der Waals surface area (Å²) in [7, 11) is 0. The van der Waals surface area contributed by atoms with Crippen molar-refractivity contribution in [1.82, 2.24) is 15.0 Å². The first-order chi connectivity index (χ1) is 14.6. The van der Waals surface area contributed by atoms with Gasteiger partial charge in [0.15, 0.2) is 0 Å². The summed E-state index contributed by atoms with van der Waals surface area (Å²) >= 11 is 0. The van der Waals surface area contributed by atoms with Crippen molar-refractivity contribution in [1.29, 1.82) is 0 Å². The number of ether oxygens (including phenoxy) is 1. The maximum Gasteiger partial charge on any atom is 0.233 e. The highest BCUT2D eigenvalue weighted by Gasteiger charge is 2.18. The number of hydrogen-bond donors (Lipinski definition) is 2. The lowest BCUT2D eigenvalue weighted by molar-refractivity contribution is 0.340. The van der Waals surface area contributed by atoms with E-state index in [0.29, 0.717) is 24.5 Å². The van der Waals surface area contributed by atoms with Gasteiger partial charge >= 0.3 is 0 Å². The molecule has 1 saturated heterocycles. The van der Waals surface area contributed by atoms with E-state index in [1.165, 1.54) is 11.1 Å². The molecule has 4 rings (SSSR count). The summed E-state index contributed by atoms with van der Waals surface area (Å²) in [5.74, 6) is 2.53. The second-order valence-electron chi connectivity index (χ2n) is 7.49. The summed E-state index contributed by atoms with van der Waals surface area (Å²) in [6, 6.07) is 14.0. The van der Waals surface area contributed by atoms with Gasteiger partial charge in [-0.1, -0.05) is 12.1 Å². The van der Waals surface area contributed by atoms with Gasteiger partial charge in [0.1, 0.15) is 5.75 Å². The maximum absolute atomic E-state index is 5.60. The molecule has 156 valence electrons. The zero-order chi connectivity index (χ0) is 20.9. The van der Waals surface area contributed by atoms with Crippen molar-refractivity contribution in [3.05, 3.63) is 53.6 Å². The van der Waals surface area contributed by atoms with Crippen LogP contribution < -0.4 is 20.3 Å². The highest BCUT2D eigenvalue weighted by Crippen LogP contribution is 2.25. The Morgan fingerprint density at radius 2 is 1.57 bits per heavy atom. The lowest BCUT2D eigenvalue weighted by Gasteiger charge is -2.17. The van der Waals surface area contributed by atoms with Crippen LogP contribution in [0.4, 0.5) is 29.2 Å². The van der Waals surface area contributed by atoms with E-state index in [1.807, 2.05) is 37.3 Å². The van der Waals surface area contributed by atoms with Crippen molar-refractivity contribution in [2.24, 2.45) is 0 Å². The maximum atomic E-state index is 5.60. The van der Waals surface area contributed by atoms with Crippen molar-refractivity contribution in [2.45, 2.75) is 33.6 Å². The highest BCUT2D eigenvalue weighted by atomic mass is 16.5. The number of nitrogens with one attached hydrogen (secondary N) is 2. The molecule has 0 saturated carbocycles. The molecule has 0 radical (unpaired) electrons. The van der Waals surface area contributed by atoms with Gasteiger partial charge in [-0.3, -0.25) is 0 Å².